The summed E-state index contributed by atoms with van der Waals surface area (Å²) in [7, 11) is 1.62. The van der Waals surface area contributed by atoms with Gasteiger partial charge < -0.3 is 29.5 Å². The van der Waals surface area contributed by atoms with Gasteiger partial charge in [0.1, 0.15) is 11.6 Å². The second-order valence-corrected chi connectivity index (χ2v) is 9.12. The number of morpholine rings is 1. The van der Waals surface area contributed by atoms with Gasteiger partial charge in [0.2, 0.25) is 11.9 Å². The van der Waals surface area contributed by atoms with Gasteiger partial charge in [-0.3, -0.25) is 9.36 Å². The minimum atomic E-state index is -2.80. The summed E-state index contributed by atoms with van der Waals surface area (Å²) >= 11 is 0. The summed E-state index contributed by atoms with van der Waals surface area (Å²) < 4.78 is 40.0. The van der Waals surface area contributed by atoms with Crippen molar-refractivity contribution in [2.45, 2.75) is 6.43 Å². The van der Waals surface area contributed by atoms with Crippen LogP contribution in [0.4, 0.5) is 20.4 Å². The number of carbonyl (C=O) groups excluding carboxylic acids is 1. The number of piperazine rings is 1. The molecule has 0 spiro atoms. The summed E-state index contributed by atoms with van der Waals surface area (Å²) in [4.78, 5) is 32.2. The van der Waals surface area contributed by atoms with E-state index >= 15 is 0 Å². The highest BCUT2D eigenvalue weighted by Crippen LogP contribution is 2.29. The molecule has 4 heterocycles. The lowest BCUT2D eigenvalue weighted by molar-refractivity contribution is -0.130. The monoisotopic (exact) mass is 530 g/mol. The molecule has 1 amide bonds. The number of halogens is 2. The SMILES string of the molecule is COCCNCC(=O)N1CCN(c2cc(N3CCOCC3)nc(-n3c(C(F)F)nc4ccccc43)n2)CC1. The summed E-state index contributed by atoms with van der Waals surface area (Å²) in [5.74, 6) is 1.05. The number of nitrogens with zero attached hydrogens (tertiary/aromatic N) is 7. The van der Waals surface area contributed by atoms with E-state index in [1.54, 1.807) is 31.4 Å². The maximum Gasteiger partial charge on any atom is 0.296 e. The predicted molar refractivity (Wildman–Crippen MR) is 138 cm³/mol. The molecule has 0 bridgehead atoms. The van der Waals surface area contributed by atoms with Crippen molar-refractivity contribution >= 4 is 28.6 Å². The molecule has 13 heteroatoms. The Hall–Kier alpha value is -3.42. The Labute approximate surface area is 219 Å². The highest BCUT2D eigenvalue weighted by molar-refractivity contribution is 5.79. The van der Waals surface area contributed by atoms with E-state index in [1.807, 2.05) is 11.0 Å². The van der Waals surface area contributed by atoms with Gasteiger partial charge in [0.15, 0.2) is 5.82 Å². The Bertz CT molecular complexity index is 1240. The lowest BCUT2D eigenvalue weighted by Gasteiger charge is -2.36. The molecular weight excluding hydrogens is 498 g/mol. The van der Waals surface area contributed by atoms with Gasteiger partial charge in [-0.1, -0.05) is 12.1 Å². The fourth-order valence-corrected chi connectivity index (χ4v) is 4.69. The molecule has 3 aromatic rings. The van der Waals surface area contributed by atoms with Gasteiger partial charge in [-0.25, -0.2) is 13.8 Å². The number of aromatic nitrogens is 4. The number of fused-ring (bicyclic) bond motifs is 1. The van der Waals surface area contributed by atoms with E-state index in [9.17, 15) is 13.6 Å². The van der Waals surface area contributed by atoms with Crippen LogP contribution >= 0.6 is 0 Å². The Balaban J connectivity index is 1.43. The Morgan fingerprint density at radius 3 is 2.39 bits per heavy atom. The van der Waals surface area contributed by atoms with Crippen LogP contribution in [0.3, 0.4) is 0 Å². The quantitative estimate of drug-likeness (QED) is 0.412. The van der Waals surface area contributed by atoms with Crippen LogP contribution in [0.5, 0.6) is 0 Å². The lowest BCUT2D eigenvalue weighted by atomic mass is 10.3. The first-order chi connectivity index (χ1) is 18.5. The number of amides is 1. The van der Waals surface area contributed by atoms with Gasteiger partial charge in [-0.05, 0) is 12.1 Å². The second kappa shape index (κ2) is 12.0. The van der Waals surface area contributed by atoms with Gasteiger partial charge in [0, 0.05) is 59.0 Å². The molecule has 38 heavy (non-hydrogen) atoms. The first-order valence-electron chi connectivity index (χ1n) is 12.7. The van der Waals surface area contributed by atoms with Crippen molar-refractivity contribution in [1.82, 2.24) is 29.7 Å². The highest BCUT2D eigenvalue weighted by atomic mass is 19.3. The Morgan fingerprint density at radius 1 is 1.03 bits per heavy atom. The number of anilines is 2. The number of hydrogen-bond acceptors (Lipinski definition) is 9. The van der Waals surface area contributed by atoms with Crippen LogP contribution in [0.25, 0.3) is 17.0 Å². The van der Waals surface area contributed by atoms with Crippen molar-refractivity contribution < 1.29 is 23.0 Å². The number of imidazole rings is 1. The van der Waals surface area contributed by atoms with Crippen molar-refractivity contribution in [1.29, 1.82) is 0 Å². The van der Waals surface area contributed by atoms with Crippen LogP contribution in [0.1, 0.15) is 12.2 Å². The number of nitrogens with one attached hydrogen (secondary N) is 1. The molecule has 1 aromatic carbocycles. The van der Waals surface area contributed by atoms with E-state index in [-0.39, 0.29) is 18.4 Å². The van der Waals surface area contributed by atoms with Crippen LogP contribution in [-0.2, 0) is 14.3 Å². The molecule has 0 atom stereocenters. The number of ether oxygens (including phenoxy) is 2. The normalized spacial score (nSPS) is 16.6. The molecule has 0 radical (unpaired) electrons. The van der Waals surface area contributed by atoms with E-state index in [2.05, 4.69) is 20.1 Å². The molecule has 0 aliphatic carbocycles. The maximum absolute atomic E-state index is 14.1. The third-order valence-electron chi connectivity index (χ3n) is 6.72. The summed E-state index contributed by atoms with van der Waals surface area (Å²) in [5, 5.41) is 3.09. The van der Waals surface area contributed by atoms with Crippen molar-refractivity contribution in [3.8, 4) is 5.95 Å². The van der Waals surface area contributed by atoms with Gasteiger partial charge >= 0.3 is 0 Å². The van der Waals surface area contributed by atoms with Crippen LogP contribution in [-0.4, -0.2) is 110 Å². The number of para-hydroxylation sites is 2. The molecule has 5 rings (SSSR count). The molecule has 0 unspecified atom stereocenters. The van der Waals surface area contributed by atoms with E-state index in [1.165, 1.54) is 4.57 Å². The van der Waals surface area contributed by atoms with Gasteiger partial charge in [-0.15, -0.1) is 0 Å². The van der Waals surface area contributed by atoms with Crippen LogP contribution < -0.4 is 15.1 Å². The van der Waals surface area contributed by atoms with Crippen molar-refractivity contribution in [3.05, 3.63) is 36.2 Å². The highest BCUT2D eigenvalue weighted by Gasteiger charge is 2.27. The minimum Gasteiger partial charge on any atom is -0.383 e. The number of carbonyl (C=O) groups is 1. The molecule has 2 aliphatic rings. The molecule has 204 valence electrons. The summed E-state index contributed by atoms with van der Waals surface area (Å²) in [6.45, 7) is 6.01. The summed E-state index contributed by atoms with van der Waals surface area (Å²) in [6, 6.07) is 8.87. The van der Waals surface area contributed by atoms with E-state index in [0.29, 0.717) is 88.3 Å². The fraction of sp³-hybridized carbons (Fsp3) is 0.520. The number of alkyl halides is 2. The zero-order chi connectivity index (χ0) is 26.5. The first-order valence-corrected chi connectivity index (χ1v) is 12.7. The zero-order valence-electron chi connectivity index (χ0n) is 21.4. The van der Waals surface area contributed by atoms with Crippen molar-refractivity contribution in [3.63, 3.8) is 0 Å². The Kier molecular flexibility index (Phi) is 8.25. The lowest BCUT2D eigenvalue weighted by Crippen LogP contribution is -2.51. The van der Waals surface area contributed by atoms with E-state index < -0.39 is 12.2 Å². The summed E-state index contributed by atoms with van der Waals surface area (Å²) in [6.07, 6.45) is -2.80. The van der Waals surface area contributed by atoms with Gasteiger partial charge in [0.25, 0.3) is 6.43 Å². The molecule has 2 aliphatic heterocycles. The maximum atomic E-state index is 14.1. The van der Waals surface area contributed by atoms with Crippen LogP contribution in [0.2, 0.25) is 0 Å². The first kappa shape index (κ1) is 26.2. The van der Waals surface area contributed by atoms with Crippen LogP contribution in [0.15, 0.2) is 30.3 Å². The number of benzene rings is 1. The number of methoxy groups -OCH3 is 1. The minimum absolute atomic E-state index is 0.0320. The molecule has 1 N–H and O–H groups in total. The van der Waals surface area contributed by atoms with Gasteiger partial charge in [-0.2, -0.15) is 9.97 Å². The second-order valence-electron chi connectivity index (χ2n) is 9.12. The molecule has 2 saturated heterocycles. The average molecular weight is 531 g/mol. The summed E-state index contributed by atoms with van der Waals surface area (Å²) in [5.41, 5.74) is 0.972. The predicted octanol–water partition coefficient (Wildman–Crippen LogP) is 1.47. The third kappa shape index (κ3) is 5.69. The largest absolute Gasteiger partial charge is 0.383 e. The smallest absolute Gasteiger partial charge is 0.296 e. The molecule has 2 fully saturated rings. The average Bonchev–Trinajstić information content (AvgIpc) is 3.36. The topological polar surface area (TPSA) is 101 Å². The van der Waals surface area contributed by atoms with Crippen LogP contribution in [0, 0.1) is 0 Å². The number of rotatable bonds is 9. The fourth-order valence-electron chi connectivity index (χ4n) is 4.69. The zero-order valence-corrected chi connectivity index (χ0v) is 21.4. The Morgan fingerprint density at radius 2 is 1.71 bits per heavy atom. The molecular formula is C25H32F2N8O3. The number of hydrogen-bond donors (Lipinski definition) is 1. The molecule has 0 saturated carbocycles. The van der Waals surface area contributed by atoms with Gasteiger partial charge in [0.05, 0.1) is 37.4 Å². The van der Waals surface area contributed by atoms with Crippen molar-refractivity contribution in [2.24, 2.45) is 0 Å². The third-order valence-corrected chi connectivity index (χ3v) is 6.72. The van der Waals surface area contributed by atoms with E-state index in [4.69, 9.17) is 19.4 Å². The molecule has 2 aromatic heterocycles. The standard InChI is InChI=1S/C25H32F2N8O3/c1-37-13-6-28-17-22(36)34-9-7-32(8-10-34)20-16-21(33-11-14-38-15-12-33)31-25(30-20)35-19-5-3-2-4-18(19)29-24(35)23(26)27/h2-5,16,23,28H,6-15,17H2,1H3. The molecule has 11 nitrogen and oxygen atoms in total. The van der Waals surface area contributed by atoms with Crippen molar-refractivity contribution in [2.75, 3.05) is 89.1 Å². The van der Waals surface area contributed by atoms with E-state index in [0.717, 1.165) is 0 Å².